The second-order valence-electron chi connectivity index (χ2n) is 6.25. The van der Waals surface area contributed by atoms with Crippen LogP contribution in [-0.4, -0.2) is 49.0 Å². The first kappa shape index (κ1) is 20.6. The summed E-state index contributed by atoms with van der Waals surface area (Å²) in [6.07, 6.45) is 6.23. The van der Waals surface area contributed by atoms with Crippen molar-refractivity contribution < 1.29 is 13.2 Å². The van der Waals surface area contributed by atoms with Crippen LogP contribution in [0.2, 0.25) is 5.02 Å². The lowest BCUT2D eigenvalue weighted by Crippen LogP contribution is -2.40. The Kier molecular flexibility index (Phi) is 8.06. The number of halogens is 1. The minimum atomic E-state index is -3.51. The van der Waals surface area contributed by atoms with Crippen molar-refractivity contribution in [1.29, 1.82) is 0 Å². The molecule has 0 spiro atoms. The summed E-state index contributed by atoms with van der Waals surface area (Å²) in [6, 6.07) is 7.04. The first-order valence-electron chi connectivity index (χ1n) is 8.43. The molecule has 0 atom stereocenters. The van der Waals surface area contributed by atoms with Gasteiger partial charge in [0.1, 0.15) is 0 Å². The number of amides is 1. The third-order valence-electron chi connectivity index (χ3n) is 4.17. The molecule has 1 amide bonds. The van der Waals surface area contributed by atoms with Crippen LogP contribution in [0.4, 0.5) is 0 Å². The van der Waals surface area contributed by atoms with Gasteiger partial charge in [0.2, 0.25) is 15.9 Å². The van der Waals surface area contributed by atoms with E-state index in [-0.39, 0.29) is 19.0 Å². The van der Waals surface area contributed by atoms with Gasteiger partial charge in [-0.2, -0.15) is 16.1 Å². The maximum absolute atomic E-state index is 12.1. The predicted molar refractivity (Wildman–Crippen MR) is 104 cm³/mol. The zero-order valence-corrected chi connectivity index (χ0v) is 16.8. The van der Waals surface area contributed by atoms with E-state index in [1.54, 1.807) is 24.3 Å². The van der Waals surface area contributed by atoms with Gasteiger partial charge in [-0.05, 0) is 24.5 Å². The number of nitrogens with one attached hydrogen (secondary N) is 1. The van der Waals surface area contributed by atoms with E-state index in [4.69, 9.17) is 11.6 Å². The van der Waals surface area contributed by atoms with Gasteiger partial charge in [-0.15, -0.1) is 0 Å². The van der Waals surface area contributed by atoms with Gasteiger partial charge >= 0.3 is 0 Å². The first-order valence-corrected chi connectivity index (χ1v) is 11.7. The van der Waals surface area contributed by atoms with E-state index in [1.165, 1.54) is 25.7 Å². The molecule has 1 aromatic rings. The number of sulfonamides is 1. The van der Waals surface area contributed by atoms with Gasteiger partial charge in [-0.25, -0.2) is 8.42 Å². The third-order valence-corrected chi connectivity index (χ3v) is 7.12. The largest absolute Gasteiger partial charge is 0.354 e. The Bertz CT molecular complexity index is 676. The van der Waals surface area contributed by atoms with Gasteiger partial charge in [0.15, 0.2) is 0 Å². The van der Waals surface area contributed by atoms with E-state index in [0.717, 1.165) is 16.3 Å². The zero-order valence-electron chi connectivity index (χ0n) is 14.4. The molecule has 0 radical (unpaired) electrons. The van der Waals surface area contributed by atoms with Crippen molar-refractivity contribution in [1.82, 2.24) is 9.62 Å². The number of nitrogens with zero attached hydrogens (tertiary/aromatic N) is 1. The minimum Gasteiger partial charge on any atom is -0.354 e. The highest BCUT2D eigenvalue weighted by molar-refractivity contribution is 7.99. The highest BCUT2D eigenvalue weighted by Crippen LogP contribution is 2.28. The first-order chi connectivity index (χ1) is 11.9. The molecular weight excluding hydrogens is 380 g/mol. The van der Waals surface area contributed by atoms with Crippen molar-refractivity contribution in [3.63, 3.8) is 0 Å². The highest BCUT2D eigenvalue weighted by Gasteiger charge is 2.21. The number of thioether (sulfide) groups is 1. The number of benzene rings is 1. The molecule has 1 saturated carbocycles. The quantitative estimate of drug-likeness (QED) is 0.642. The molecule has 140 valence electrons. The van der Waals surface area contributed by atoms with Gasteiger partial charge in [-0.3, -0.25) is 4.79 Å². The van der Waals surface area contributed by atoms with Gasteiger partial charge in [0.25, 0.3) is 0 Å². The van der Waals surface area contributed by atoms with E-state index in [0.29, 0.717) is 22.4 Å². The third kappa shape index (κ3) is 7.17. The van der Waals surface area contributed by atoms with Crippen molar-refractivity contribution in [3.05, 3.63) is 34.9 Å². The fraction of sp³-hybridized carbons (Fsp3) is 0.588. The van der Waals surface area contributed by atoms with Crippen LogP contribution in [0.5, 0.6) is 0 Å². The molecular formula is C17H25ClN2O3S2. The maximum Gasteiger partial charge on any atom is 0.235 e. The van der Waals surface area contributed by atoms with Crippen LogP contribution in [0, 0.1) is 0 Å². The average Bonchev–Trinajstić information content (AvgIpc) is 3.05. The second kappa shape index (κ2) is 9.80. The van der Waals surface area contributed by atoms with Crippen molar-refractivity contribution in [2.24, 2.45) is 0 Å². The second-order valence-corrected chi connectivity index (χ2v) is 10.0. The fourth-order valence-corrected chi connectivity index (χ4v) is 4.93. The summed E-state index contributed by atoms with van der Waals surface area (Å²) in [4.78, 5) is 12.1. The summed E-state index contributed by atoms with van der Waals surface area (Å²) in [6.45, 7) is 0.449. The van der Waals surface area contributed by atoms with Gasteiger partial charge in [0, 0.05) is 29.1 Å². The predicted octanol–water partition coefficient (Wildman–Crippen LogP) is 2.89. The van der Waals surface area contributed by atoms with Crippen molar-refractivity contribution in [2.45, 2.75) is 37.5 Å². The molecule has 25 heavy (non-hydrogen) atoms. The molecule has 2 rings (SSSR count). The number of hydrogen-bond acceptors (Lipinski definition) is 4. The molecule has 1 N–H and O–H groups in total. The summed E-state index contributed by atoms with van der Waals surface area (Å²) < 4.78 is 25.1. The molecule has 0 unspecified atom stereocenters. The Hall–Kier alpha value is -0.760. The summed E-state index contributed by atoms with van der Waals surface area (Å²) in [7, 11) is -3.51. The number of hydrogen-bond donors (Lipinski definition) is 1. The Morgan fingerprint density at radius 3 is 2.64 bits per heavy atom. The minimum absolute atomic E-state index is 0.0861. The Labute approximate surface area is 159 Å². The van der Waals surface area contributed by atoms with Crippen molar-refractivity contribution in [3.8, 4) is 0 Å². The van der Waals surface area contributed by atoms with Crippen LogP contribution in [0.15, 0.2) is 24.3 Å². The lowest BCUT2D eigenvalue weighted by atomic mass is 10.2. The van der Waals surface area contributed by atoms with Crippen LogP contribution in [-0.2, 0) is 21.4 Å². The van der Waals surface area contributed by atoms with E-state index in [1.807, 2.05) is 11.8 Å². The molecule has 0 aromatic heterocycles. The van der Waals surface area contributed by atoms with E-state index in [2.05, 4.69) is 5.32 Å². The standard InChI is InChI=1S/C17H25ClN2O3S2/c1-25(22,23)20(12-14-6-2-5-9-16(14)18)13-17(21)19-10-11-24-15-7-3-4-8-15/h2,5-6,9,15H,3-4,7-8,10-13H2,1H3,(H,19,21). The van der Waals surface area contributed by atoms with Crippen molar-refractivity contribution in [2.75, 3.05) is 25.1 Å². The lowest BCUT2D eigenvalue weighted by molar-refractivity contribution is -0.121. The van der Waals surface area contributed by atoms with Gasteiger partial charge < -0.3 is 5.32 Å². The van der Waals surface area contributed by atoms with E-state index >= 15 is 0 Å². The summed E-state index contributed by atoms with van der Waals surface area (Å²) in [5.41, 5.74) is 0.680. The van der Waals surface area contributed by atoms with Crippen LogP contribution in [0.3, 0.4) is 0 Å². The molecule has 5 nitrogen and oxygen atoms in total. The maximum atomic E-state index is 12.1. The molecule has 0 heterocycles. The van der Waals surface area contributed by atoms with Crippen LogP contribution >= 0.6 is 23.4 Å². The number of rotatable bonds is 9. The summed E-state index contributed by atoms with van der Waals surface area (Å²) in [5, 5.41) is 4.01. The molecule has 1 fully saturated rings. The monoisotopic (exact) mass is 404 g/mol. The molecule has 0 bridgehead atoms. The lowest BCUT2D eigenvalue weighted by Gasteiger charge is -2.20. The zero-order chi connectivity index (χ0) is 18.3. The van der Waals surface area contributed by atoms with Gasteiger partial charge in [-0.1, -0.05) is 42.6 Å². The Balaban J connectivity index is 1.82. The van der Waals surface area contributed by atoms with Crippen LogP contribution in [0.25, 0.3) is 0 Å². The van der Waals surface area contributed by atoms with E-state index in [9.17, 15) is 13.2 Å². The molecule has 8 heteroatoms. The normalized spacial score (nSPS) is 15.6. The highest BCUT2D eigenvalue weighted by atomic mass is 35.5. The van der Waals surface area contributed by atoms with Crippen LogP contribution < -0.4 is 5.32 Å². The van der Waals surface area contributed by atoms with Crippen molar-refractivity contribution >= 4 is 39.3 Å². The summed E-state index contributed by atoms with van der Waals surface area (Å²) in [5.74, 6) is 0.573. The SMILES string of the molecule is CS(=O)(=O)N(CC(=O)NCCSC1CCCC1)Cc1ccccc1Cl. The molecule has 1 aliphatic carbocycles. The van der Waals surface area contributed by atoms with E-state index < -0.39 is 10.0 Å². The topological polar surface area (TPSA) is 66.5 Å². The average molecular weight is 405 g/mol. The molecule has 1 aromatic carbocycles. The number of carbonyl (C=O) groups excluding carboxylic acids is 1. The molecule has 0 aliphatic heterocycles. The smallest absolute Gasteiger partial charge is 0.235 e. The molecule has 1 aliphatic rings. The molecule has 0 saturated heterocycles. The van der Waals surface area contributed by atoms with Gasteiger partial charge in [0.05, 0.1) is 12.8 Å². The Morgan fingerprint density at radius 2 is 2.00 bits per heavy atom. The fourth-order valence-electron chi connectivity index (χ4n) is 2.79. The summed E-state index contributed by atoms with van der Waals surface area (Å²) >= 11 is 7.99. The number of carbonyl (C=O) groups is 1. The Morgan fingerprint density at radius 1 is 1.32 bits per heavy atom. The van der Waals surface area contributed by atoms with Crippen LogP contribution in [0.1, 0.15) is 31.2 Å².